The summed E-state index contributed by atoms with van der Waals surface area (Å²) in [6.45, 7) is 4.66. The number of nitrogens with zero attached hydrogens (tertiary/aromatic N) is 2. The fraction of sp³-hybridized carbons (Fsp3) is 0.636. The second-order valence-electron chi connectivity index (χ2n) is 8.10. The molecule has 1 saturated heterocycles. The standard InChI is InChI=1S/C22H32FN3O2/c1-17(27)18-9-10-21(20(23)15-18)26-13-11-25(12-14-26)16-22(28)24-19-7-5-3-2-4-6-8-19/h9-10,15,19H,2-8,11-14,16H2,1H3,(H,24,28). The fourth-order valence-corrected chi connectivity index (χ4v) is 4.21. The van der Waals surface area contributed by atoms with Crippen molar-refractivity contribution in [3.05, 3.63) is 29.6 Å². The van der Waals surface area contributed by atoms with Crippen LogP contribution in [0.4, 0.5) is 10.1 Å². The molecule has 1 amide bonds. The molecule has 0 aromatic heterocycles. The molecule has 0 atom stereocenters. The molecule has 2 fully saturated rings. The third kappa shape index (κ3) is 5.77. The van der Waals surface area contributed by atoms with Crippen LogP contribution in [0.2, 0.25) is 0 Å². The molecule has 1 aromatic carbocycles. The van der Waals surface area contributed by atoms with Crippen molar-refractivity contribution in [2.75, 3.05) is 37.6 Å². The molecule has 0 unspecified atom stereocenters. The predicted molar refractivity (Wildman–Crippen MR) is 109 cm³/mol. The number of hydrogen-bond donors (Lipinski definition) is 1. The zero-order chi connectivity index (χ0) is 19.9. The van der Waals surface area contributed by atoms with Crippen LogP contribution in [0.3, 0.4) is 0 Å². The first-order valence-electron chi connectivity index (χ1n) is 10.6. The zero-order valence-electron chi connectivity index (χ0n) is 16.9. The zero-order valence-corrected chi connectivity index (χ0v) is 16.9. The van der Waals surface area contributed by atoms with Gasteiger partial charge < -0.3 is 10.2 Å². The first-order valence-corrected chi connectivity index (χ1v) is 10.6. The van der Waals surface area contributed by atoms with Gasteiger partial charge in [-0.05, 0) is 38.0 Å². The molecule has 3 rings (SSSR count). The molecule has 1 N–H and O–H groups in total. The second kappa shape index (κ2) is 10.0. The highest BCUT2D eigenvalue weighted by Gasteiger charge is 2.22. The monoisotopic (exact) mass is 389 g/mol. The lowest BCUT2D eigenvalue weighted by atomic mass is 9.97. The van der Waals surface area contributed by atoms with Crippen LogP contribution in [0.25, 0.3) is 0 Å². The maximum atomic E-state index is 14.4. The lowest BCUT2D eigenvalue weighted by molar-refractivity contribution is -0.123. The van der Waals surface area contributed by atoms with E-state index in [0.29, 0.717) is 36.9 Å². The summed E-state index contributed by atoms with van der Waals surface area (Å²) in [6, 6.07) is 4.99. The largest absolute Gasteiger partial charge is 0.367 e. The highest BCUT2D eigenvalue weighted by Crippen LogP contribution is 2.22. The molecule has 5 nitrogen and oxygen atoms in total. The summed E-state index contributed by atoms with van der Waals surface area (Å²) in [6.07, 6.45) is 8.47. The van der Waals surface area contributed by atoms with E-state index in [4.69, 9.17) is 0 Å². The molecule has 1 saturated carbocycles. The average molecular weight is 390 g/mol. The van der Waals surface area contributed by atoms with Gasteiger partial charge in [0.15, 0.2) is 5.78 Å². The highest BCUT2D eigenvalue weighted by atomic mass is 19.1. The predicted octanol–water partition coefficient (Wildman–Crippen LogP) is 3.38. The van der Waals surface area contributed by atoms with Gasteiger partial charge in [0.1, 0.15) is 5.82 Å². The maximum Gasteiger partial charge on any atom is 0.234 e. The van der Waals surface area contributed by atoms with Gasteiger partial charge in [0.05, 0.1) is 12.2 Å². The molecule has 2 aliphatic rings. The summed E-state index contributed by atoms with van der Waals surface area (Å²) in [5, 5.41) is 3.22. The third-order valence-electron chi connectivity index (χ3n) is 5.90. The minimum atomic E-state index is -0.358. The van der Waals surface area contributed by atoms with E-state index in [9.17, 15) is 14.0 Å². The van der Waals surface area contributed by atoms with Gasteiger partial charge in [-0.3, -0.25) is 14.5 Å². The molecular weight excluding hydrogens is 357 g/mol. The number of ketones is 1. The van der Waals surface area contributed by atoms with E-state index in [-0.39, 0.29) is 17.5 Å². The topological polar surface area (TPSA) is 52.7 Å². The Labute approximate surface area is 167 Å². The molecule has 1 aliphatic heterocycles. The molecule has 1 heterocycles. The first kappa shape index (κ1) is 20.8. The van der Waals surface area contributed by atoms with Crippen molar-refractivity contribution in [2.24, 2.45) is 0 Å². The lowest BCUT2D eigenvalue weighted by Gasteiger charge is -2.36. The Morgan fingerprint density at radius 2 is 1.68 bits per heavy atom. The van der Waals surface area contributed by atoms with Gasteiger partial charge in [-0.25, -0.2) is 4.39 Å². The highest BCUT2D eigenvalue weighted by molar-refractivity contribution is 5.94. The summed E-state index contributed by atoms with van der Waals surface area (Å²) >= 11 is 0. The van der Waals surface area contributed by atoms with Crippen molar-refractivity contribution in [1.29, 1.82) is 0 Å². The number of Topliss-reactive ketones (excluding diaryl/α,β-unsaturated/α-hetero) is 1. The quantitative estimate of drug-likeness (QED) is 0.785. The van der Waals surface area contributed by atoms with Gasteiger partial charge in [-0.1, -0.05) is 32.1 Å². The van der Waals surface area contributed by atoms with Crippen molar-refractivity contribution in [1.82, 2.24) is 10.2 Å². The van der Waals surface area contributed by atoms with Crippen molar-refractivity contribution in [3.63, 3.8) is 0 Å². The van der Waals surface area contributed by atoms with Gasteiger partial charge in [0, 0.05) is 37.8 Å². The van der Waals surface area contributed by atoms with E-state index < -0.39 is 0 Å². The van der Waals surface area contributed by atoms with Crippen LogP contribution >= 0.6 is 0 Å². The number of halogens is 1. The number of piperazine rings is 1. The SMILES string of the molecule is CC(=O)c1ccc(N2CCN(CC(=O)NC3CCCCCCC3)CC2)c(F)c1. The normalized spacial score (nSPS) is 19.7. The Bertz CT molecular complexity index is 678. The lowest BCUT2D eigenvalue weighted by Crippen LogP contribution is -2.50. The minimum absolute atomic E-state index is 0.107. The molecule has 28 heavy (non-hydrogen) atoms. The van der Waals surface area contributed by atoms with E-state index in [2.05, 4.69) is 10.2 Å². The van der Waals surface area contributed by atoms with Crippen LogP contribution in [-0.4, -0.2) is 55.4 Å². The van der Waals surface area contributed by atoms with Crippen LogP contribution in [0.1, 0.15) is 62.2 Å². The van der Waals surface area contributed by atoms with E-state index >= 15 is 0 Å². The van der Waals surface area contributed by atoms with Crippen molar-refractivity contribution in [3.8, 4) is 0 Å². The number of carbonyl (C=O) groups is 2. The molecule has 1 aromatic rings. The van der Waals surface area contributed by atoms with E-state index in [1.54, 1.807) is 12.1 Å². The molecular formula is C22H32FN3O2. The van der Waals surface area contributed by atoms with Crippen LogP contribution < -0.4 is 10.2 Å². The number of rotatable bonds is 5. The maximum absolute atomic E-state index is 14.4. The summed E-state index contributed by atoms with van der Waals surface area (Å²) in [7, 11) is 0. The molecule has 154 valence electrons. The van der Waals surface area contributed by atoms with Crippen LogP contribution in [0.5, 0.6) is 0 Å². The Balaban J connectivity index is 1.46. The average Bonchev–Trinajstić information content (AvgIpc) is 2.64. The Hall–Kier alpha value is -1.95. The van der Waals surface area contributed by atoms with Crippen molar-refractivity contribution < 1.29 is 14.0 Å². The number of anilines is 1. The smallest absolute Gasteiger partial charge is 0.234 e. The van der Waals surface area contributed by atoms with E-state index in [1.807, 2.05) is 4.90 Å². The van der Waals surface area contributed by atoms with Gasteiger partial charge in [0.2, 0.25) is 5.91 Å². The number of hydrogen-bond acceptors (Lipinski definition) is 4. The van der Waals surface area contributed by atoms with Crippen LogP contribution in [0.15, 0.2) is 18.2 Å². The van der Waals surface area contributed by atoms with Crippen molar-refractivity contribution >= 4 is 17.4 Å². The van der Waals surface area contributed by atoms with E-state index in [1.165, 1.54) is 45.1 Å². The van der Waals surface area contributed by atoms with Crippen LogP contribution in [-0.2, 0) is 4.79 Å². The summed E-state index contributed by atoms with van der Waals surface area (Å²) < 4.78 is 14.4. The first-order chi connectivity index (χ1) is 13.5. The molecule has 0 radical (unpaired) electrons. The van der Waals surface area contributed by atoms with E-state index in [0.717, 1.165) is 25.9 Å². The number of benzene rings is 1. The third-order valence-corrected chi connectivity index (χ3v) is 5.90. The second-order valence-corrected chi connectivity index (χ2v) is 8.10. The molecule has 6 heteroatoms. The molecule has 0 spiro atoms. The summed E-state index contributed by atoms with van der Waals surface area (Å²) in [5.41, 5.74) is 0.925. The summed E-state index contributed by atoms with van der Waals surface area (Å²) in [5.74, 6) is -0.384. The summed E-state index contributed by atoms with van der Waals surface area (Å²) in [4.78, 5) is 27.9. The number of amides is 1. The molecule has 1 aliphatic carbocycles. The van der Waals surface area contributed by atoms with Crippen LogP contribution in [0, 0.1) is 5.82 Å². The number of carbonyl (C=O) groups excluding carboxylic acids is 2. The van der Waals surface area contributed by atoms with Gasteiger partial charge in [0.25, 0.3) is 0 Å². The van der Waals surface area contributed by atoms with Gasteiger partial charge in [-0.15, -0.1) is 0 Å². The Morgan fingerprint density at radius 3 is 2.29 bits per heavy atom. The van der Waals surface area contributed by atoms with Gasteiger partial charge >= 0.3 is 0 Å². The van der Waals surface area contributed by atoms with Gasteiger partial charge in [-0.2, -0.15) is 0 Å². The fourth-order valence-electron chi connectivity index (χ4n) is 4.21. The Morgan fingerprint density at radius 1 is 1.04 bits per heavy atom. The number of nitrogens with one attached hydrogen (secondary N) is 1. The minimum Gasteiger partial charge on any atom is -0.367 e. The Kier molecular flexibility index (Phi) is 7.43. The van der Waals surface area contributed by atoms with Crippen molar-refractivity contribution in [2.45, 2.75) is 57.9 Å². The molecule has 0 bridgehead atoms.